The van der Waals surface area contributed by atoms with E-state index in [0.29, 0.717) is 5.56 Å². The summed E-state index contributed by atoms with van der Waals surface area (Å²) in [4.78, 5) is 22.5. The lowest BCUT2D eigenvalue weighted by molar-refractivity contribution is -0.140. The molecule has 0 aliphatic carbocycles. The second-order valence-corrected chi connectivity index (χ2v) is 4.35. The van der Waals surface area contributed by atoms with Gasteiger partial charge < -0.3 is 15.5 Å². The molecule has 1 atom stereocenters. The number of rotatable bonds is 7. The Labute approximate surface area is 112 Å². The highest BCUT2D eigenvalue weighted by Crippen LogP contribution is 2.08. The zero-order valence-corrected chi connectivity index (χ0v) is 10.9. The highest BCUT2D eigenvalue weighted by Gasteiger charge is 2.19. The molecule has 1 aromatic rings. The fraction of sp³-hybridized carbons (Fsp3) is 0.429. The predicted molar refractivity (Wildman–Crippen MR) is 71.0 cm³/mol. The zero-order valence-electron chi connectivity index (χ0n) is 10.9. The second-order valence-electron chi connectivity index (χ2n) is 4.35. The first kappa shape index (κ1) is 15.2. The number of benzene rings is 1. The van der Waals surface area contributed by atoms with E-state index in [1.807, 2.05) is 12.1 Å². The molecule has 19 heavy (non-hydrogen) atoms. The molecule has 5 nitrogen and oxygen atoms in total. The summed E-state index contributed by atoms with van der Waals surface area (Å²) in [5, 5.41) is 19.8. The van der Waals surface area contributed by atoms with Crippen molar-refractivity contribution < 1.29 is 19.8 Å². The lowest BCUT2D eigenvalue weighted by Gasteiger charge is -2.11. The molecule has 0 radical (unpaired) electrons. The molecule has 5 heteroatoms. The molecule has 0 aromatic heterocycles. The van der Waals surface area contributed by atoms with Crippen molar-refractivity contribution in [2.45, 2.75) is 32.2 Å². The summed E-state index contributed by atoms with van der Waals surface area (Å²) in [7, 11) is 0. The molecule has 0 spiro atoms. The van der Waals surface area contributed by atoms with Crippen molar-refractivity contribution in [2.24, 2.45) is 0 Å². The molecule has 3 N–H and O–H groups in total. The normalized spacial score (nSPS) is 11.9. The molecular weight excluding hydrogens is 246 g/mol. The van der Waals surface area contributed by atoms with Crippen LogP contribution in [0.1, 0.15) is 35.7 Å². The molecule has 0 unspecified atom stereocenters. The van der Waals surface area contributed by atoms with E-state index in [1.54, 1.807) is 12.1 Å². The molecule has 0 saturated heterocycles. The van der Waals surface area contributed by atoms with Gasteiger partial charge in [-0.15, -0.1) is 0 Å². The van der Waals surface area contributed by atoms with Gasteiger partial charge in [-0.2, -0.15) is 0 Å². The van der Waals surface area contributed by atoms with Gasteiger partial charge in [0, 0.05) is 5.56 Å². The van der Waals surface area contributed by atoms with E-state index >= 15 is 0 Å². The van der Waals surface area contributed by atoms with Crippen LogP contribution in [0.4, 0.5) is 0 Å². The number of amides is 1. The number of carbonyl (C=O) groups excluding carboxylic acids is 1. The summed E-state index contributed by atoms with van der Waals surface area (Å²) < 4.78 is 0. The molecule has 1 amide bonds. The van der Waals surface area contributed by atoms with Gasteiger partial charge in [-0.25, -0.2) is 4.79 Å². The fourth-order valence-corrected chi connectivity index (χ4v) is 1.63. The Bertz CT molecular complexity index is 428. The van der Waals surface area contributed by atoms with Gasteiger partial charge in [-0.05, 0) is 30.5 Å². The van der Waals surface area contributed by atoms with E-state index in [1.165, 1.54) is 0 Å². The summed E-state index contributed by atoms with van der Waals surface area (Å²) in [6.45, 7) is 1.48. The van der Waals surface area contributed by atoms with Crippen molar-refractivity contribution in [1.82, 2.24) is 5.32 Å². The van der Waals surface area contributed by atoms with E-state index in [4.69, 9.17) is 10.2 Å². The Balaban J connectivity index is 2.64. The predicted octanol–water partition coefficient (Wildman–Crippen LogP) is 1.20. The van der Waals surface area contributed by atoms with Gasteiger partial charge in [0.25, 0.3) is 5.91 Å². The molecule has 0 bridgehead atoms. The van der Waals surface area contributed by atoms with E-state index in [0.717, 1.165) is 24.8 Å². The average Bonchev–Trinajstić information content (AvgIpc) is 2.42. The SMILES string of the molecule is CCCCc1ccc(C(=O)N[C@H](CO)C(=O)O)cc1. The molecule has 104 valence electrons. The monoisotopic (exact) mass is 265 g/mol. The number of aliphatic hydroxyl groups excluding tert-OH is 1. The van der Waals surface area contributed by atoms with E-state index < -0.39 is 24.5 Å². The van der Waals surface area contributed by atoms with Crippen LogP contribution in [0.3, 0.4) is 0 Å². The first-order chi connectivity index (χ1) is 9.08. The largest absolute Gasteiger partial charge is 0.480 e. The number of unbranched alkanes of at least 4 members (excludes halogenated alkanes) is 1. The van der Waals surface area contributed by atoms with Crippen molar-refractivity contribution in [3.05, 3.63) is 35.4 Å². The molecule has 0 saturated carbocycles. The molecule has 1 rings (SSSR count). The van der Waals surface area contributed by atoms with Crippen molar-refractivity contribution in [3.8, 4) is 0 Å². The first-order valence-electron chi connectivity index (χ1n) is 6.32. The van der Waals surface area contributed by atoms with Gasteiger partial charge in [0.1, 0.15) is 0 Å². The lowest BCUT2D eigenvalue weighted by atomic mass is 10.1. The van der Waals surface area contributed by atoms with Crippen LogP contribution in [0.5, 0.6) is 0 Å². The maximum Gasteiger partial charge on any atom is 0.328 e. The van der Waals surface area contributed by atoms with Gasteiger partial charge in [0.2, 0.25) is 0 Å². The minimum atomic E-state index is -1.27. The minimum absolute atomic E-state index is 0.389. The van der Waals surface area contributed by atoms with Crippen LogP contribution in [-0.2, 0) is 11.2 Å². The molecule has 0 fully saturated rings. The number of carboxylic acid groups (broad SMARTS) is 1. The molecule has 0 aliphatic heterocycles. The molecule has 0 heterocycles. The van der Waals surface area contributed by atoms with Crippen molar-refractivity contribution >= 4 is 11.9 Å². The van der Waals surface area contributed by atoms with Crippen LogP contribution in [0, 0.1) is 0 Å². The van der Waals surface area contributed by atoms with Gasteiger partial charge in [-0.3, -0.25) is 4.79 Å². The molecular formula is C14H19NO4. The van der Waals surface area contributed by atoms with E-state index in [9.17, 15) is 9.59 Å². The Morgan fingerprint density at radius 1 is 1.26 bits per heavy atom. The van der Waals surface area contributed by atoms with Crippen molar-refractivity contribution in [1.29, 1.82) is 0 Å². The van der Waals surface area contributed by atoms with Gasteiger partial charge >= 0.3 is 5.97 Å². The third-order valence-electron chi connectivity index (χ3n) is 2.82. The third kappa shape index (κ3) is 4.71. The maximum atomic E-state index is 11.8. The quantitative estimate of drug-likeness (QED) is 0.691. The summed E-state index contributed by atoms with van der Waals surface area (Å²) in [6.07, 6.45) is 3.17. The number of hydrogen-bond donors (Lipinski definition) is 3. The second kappa shape index (κ2) is 7.53. The Hall–Kier alpha value is -1.88. The number of hydrogen-bond acceptors (Lipinski definition) is 3. The summed E-state index contributed by atoms with van der Waals surface area (Å²) in [5.74, 6) is -1.75. The average molecular weight is 265 g/mol. The van der Waals surface area contributed by atoms with Crippen LogP contribution < -0.4 is 5.32 Å². The van der Waals surface area contributed by atoms with Crippen LogP contribution >= 0.6 is 0 Å². The fourth-order valence-electron chi connectivity index (χ4n) is 1.63. The number of carboxylic acids is 1. The first-order valence-corrected chi connectivity index (χ1v) is 6.32. The molecule has 0 aliphatic rings. The van der Waals surface area contributed by atoms with E-state index in [2.05, 4.69) is 12.2 Å². The Morgan fingerprint density at radius 2 is 1.89 bits per heavy atom. The van der Waals surface area contributed by atoms with Crippen molar-refractivity contribution in [3.63, 3.8) is 0 Å². The number of aliphatic carboxylic acids is 1. The highest BCUT2D eigenvalue weighted by molar-refractivity contribution is 5.96. The Morgan fingerprint density at radius 3 is 2.37 bits per heavy atom. The number of aliphatic hydroxyl groups is 1. The summed E-state index contributed by atoms with van der Waals surface area (Å²) in [6, 6.07) is 5.78. The van der Waals surface area contributed by atoms with Gasteiger partial charge in [0.05, 0.1) is 6.61 Å². The van der Waals surface area contributed by atoms with Crippen molar-refractivity contribution in [2.75, 3.05) is 6.61 Å². The zero-order chi connectivity index (χ0) is 14.3. The molecule has 1 aromatic carbocycles. The van der Waals surface area contributed by atoms with Gasteiger partial charge in [-0.1, -0.05) is 25.5 Å². The number of carbonyl (C=O) groups is 2. The Kier molecular flexibility index (Phi) is 6.02. The number of nitrogens with one attached hydrogen (secondary N) is 1. The standard InChI is InChI=1S/C14H19NO4/c1-2-3-4-10-5-7-11(8-6-10)13(17)15-12(9-16)14(18)19/h5-8,12,16H,2-4,9H2,1H3,(H,15,17)(H,18,19)/t12-/m1/s1. The highest BCUT2D eigenvalue weighted by atomic mass is 16.4. The summed E-state index contributed by atoms with van der Waals surface area (Å²) >= 11 is 0. The topological polar surface area (TPSA) is 86.6 Å². The van der Waals surface area contributed by atoms with Crippen LogP contribution in [0.15, 0.2) is 24.3 Å². The van der Waals surface area contributed by atoms with E-state index in [-0.39, 0.29) is 0 Å². The summed E-state index contributed by atoms with van der Waals surface area (Å²) in [5.41, 5.74) is 1.54. The lowest BCUT2D eigenvalue weighted by Crippen LogP contribution is -2.43. The van der Waals surface area contributed by atoms with Crippen LogP contribution in [0.2, 0.25) is 0 Å². The smallest absolute Gasteiger partial charge is 0.328 e. The third-order valence-corrected chi connectivity index (χ3v) is 2.82. The van der Waals surface area contributed by atoms with Crippen LogP contribution in [-0.4, -0.2) is 34.7 Å². The number of aryl methyl sites for hydroxylation is 1. The van der Waals surface area contributed by atoms with Gasteiger partial charge in [0.15, 0.2) is 6.04 Å². The maximum absolute atomic E-state index is 11.8. The van der Waals surface area contributed by atoms with Crippen LogP contribution in [0.25, 0.3) is 0 Å². The minimum Gasteiger partial charge on any atom is -0.480 e.